The van der Waals surface area contributed by atoms with Gasteiger partial charge in [0.05, 0.1) is 12.1 Å². The van der Waals surface area contributed by atoms with Gasteiger partial charge >= 0.3 is 0 Å². The fourth-order valence-corrected chi connectivity index (χ4v) is 1.98. The van der Waals surface area contributed by atoms with Crippen LogP contribution in [-0.4, -0.2) is 25.0 Å². The average Bonchev–Trinajstić information content (AvgIpc) is 2.58. The number of nitrogens with one attached hydrogen (secondary N) is 1. The fourth-order valence-electron chi connectivity index (χ4n) is 1.85. The molecule has 122 valence electrons. The second-order valence-electron chi connectivity index (χ2n) is 4.69. The Morgan fingerprint density at radius 2 is 1.79 bits per heavy atom. The van der Waals surface area contributed by atoms with Crippen molar-refractivity contribution in [2.24, 2.45) is 5.73 Å². The van der Waals surface area contributed by atoms with Crippen LogP contribution in [0.15, 0.2) is 48.5 Å². The monoisotopic (exact) mass is 342 g/mol. The van der Waals surface area contributed by atoms with Gasteiger partial charge in [-0.05, 0) is 36.4 Å². The maximum Gasteiger partial charge on any atom is 0.252 e. The fraction of sp³-hybridized carbons (Fsp3) is 0.111. The largest absolute Gasteiger partial charge is 0.480 e. The van der Waals surface area contributed by atoms with E-state index in [4.69, 9.17) is 22.1 Å². The summed E-state index contributed by atoms with van der Waals surface area (Å²) in [5, 5.41) is 3.23. The normalized spacial score (nSPS) is 9.54. The van der Waals surface area contributed by atoms with E-state index in [1.54, 1.807) is 48.5 Å². The molecule has 0 heterocycles. The third-order valence-corrected chi connectivity index (χ3v) is 3.27. The van der Waals surface area contributed by atoms with Gasteiger partial charge in [0.1, 0.15) is 12.4 Å². The van der Waals surface area contributed by atoms with Crippen LogP contribution in [0.5, 0.6) is 5.75 Å². The Balaban J connectivity index is 1.79. The quantitative estimate of drug-likeness (QED) is 0.818. The molecule has 0 atom stereocenters. The minimum Gasteiger partial charge on any atom is -0.480 e. The Labute approximate surface area is 144 Å². The first-order valence-corrected chi connectivity index (χ1v) is 7.47. The zero-order chi connectivity index (χ0) is 17.4. The number of carbonyl (C=O) groups excluding carboxylic acids is 2. The summed E-state index contributed by atoms with van der Waals surface area (Å²) in [5.74, 6) is 5.11. The van der Waals surface area contributed by atoms with Gasteiger partial charge in [-0.2, -0.15) is 0 Å². The van der Waals surface area contributed by atoms with E-state index in [0.29, 0.717) is 21.9 Å². The highest BCUT2D eigenvalue weighted by Gasteiger charge is 2.07. The number of primary amides is 1. The van der Waals surface area contributed by atoms with E-state index in [1.807, 2.05) is 0 Å². The van der Waals surface area contributed by atoms with Crippen LogP contribution in [0.2, 0.25) is 5.02 Å². The lowest BCUT2D eigenvalue weighted by molar-refractivity contribution is 0.0957. The van der Waals surface area contributed by atoms with Crippen molar-refractivity contribution in [1.82, 2.24) is 5.32 Å². The van der Waals surface area contributed by atoms with Crippen LogP contribution in [0.3, 0.4) is 0 Å². The number of hydrogen-bond donors (Lipinski definition) is 2. The predicted octanol–water partition coefficient (Wildman–Crippen LogP) is 2.25. The van der Waals surface area contributed by atoms with Gasteiger partial charge in [-0.15, -0.1) is 0 Å². The van der Waals surface area contributed by atoms with E-state index in [0.717, 1.165) is 0 Å². The molecule has 2 aromatic rings. The first-order valence-electron chi connectivity index (χ1n) is 7.09. The number of amides is 2. The lowest BCUT2D eigenvalue weighted by Gasteiger charge is -2.05. The Morgan fingerprint density at radius 3 is 2.50 bits per heavy atom. The van der Waals surface area contributed by atoms with E-state index in [2.05, 4.69) is 17.2 Å². The molecule has 0 aliphatic carbocycles. The smallest absolute Gasteiger partial charge is 0.252 e. The van der Waals surface area contributed by atoms with Gasteiger partial charge < -0.3 is 15.8 Å². The second-order valence-corrected chi connectivity index (χ2v) is 5.13. The van der Waals surface area contributed by atoms with Gasteiger partial charge in [0, 0.05) is 10.6 Å². The number of rotatable bonds is 5. The molecule has 5 nitrogen and oxygen atoms in total. The number of para-hydroxylation sites is 1. The molecule has 3 N–H and O–H groups in total. The van der Waals surface area contributed by atoms with E-state index < -0.39 is 5.91 Å². The van der Waals surface area contributed by atoms with Crippen molar-refractivity contribution in [1.29, 1.82) is 0 Å². The second kappa shape index (κ2) is 8.61. The summed E-state index contributed by atoms with van der Waals surface area (Å²) in [7, 11) is 0. The Bertz CT molecular complexity index is 792. The topological polar surface area (TPSA) is 81.4 Å². The van der Waals surface area contributed by atoms with Crippen LogP contribution in [0.25, 0.3) is 0 Å². The number of ether oxygens (including phenoxy) is 1. The molecule has 0 fully saturated rings. The van der Waals surface area contributed by atoms with Gasteiger partial charge in [-0.3, -0.25) is 9.59 Å². The molecule has 0 unspecified atom stereocenters. The summed E-state index contributed by atoms with van der Waals surface area (Å²) in [6.07, 6.45) is 0. The molecule has 2 aromatic carbocycles. The van der Waals surface area contributed by atoms with E-state index in [9.17, 15) is 9.59 Å². The van der Waals surface area contributed by atoms with Crippen LogP contribution in [0.1, 0.15) is 20.7 Å². The minimum atomic E-state index is -0.561. The van der Waals surface area contributed by atoms with Gasteiger partial charge in [0.15, 0.2) is 0 Å². The SMILES string of the molecule is NC(=O)c1ccccc1OCC#CCNC(=O)c1ccc(Cl)cc1. The first kappa shape index (κ1) is 17.4. The molecule has 0 radical (unpaired) electrons. The van der Waals surface area contributed by atoms with Crippen molar-refractivity contribution in [3.63, 3.8) is 0 Å². The number of nitrogens with two attached hydrogens (primary N) is 1. The third-order valence-electron chi connectivity index (χ3n) is 3.02. The van der Waals surface area contributed by atoms with Gasteiger partial charge in [-0.25, -0.2) is 0 Å². The molecule has 6 heteroatoms. The van der Waals surface area contributed by atoms with Crippen LogP contribution in [-0.2, 0) is 0 Å². The number of carbonyl (C=O) groups is 2. The summed E-state index contributed by atoms with van der Waals surface area (Å²) in [4.78, 5) is 23.1. The number of hydrogen-bond acceptors (Lipinski definition) is 3. The lowest BCUT2D eigenvalue weighted by atomic mass is 10.2. The van der Waals surface area contributed by atoms with Crippen molar-refractivity contribution in [3.05, 3.63) is 64.7 Å². The highest BCUT2D eigenvalue weighted by Crippen LogP contribution is 2.16. The zero-order valence-corrected chi connectivity index (χ0v) is 13.5. The molecule has 0 aliphatic rings. The number of benzene rings is 2. The van der Waals surface area contributed by atoms with Crippen molar-refractivity contribution in [3.8, 4) is 17.6 Å². The van der Waals surface area contributed by atoms with Crippen molar-refractivity contribution in [2.45, 2.75) is 0 Å². The molecule has 0 aliphatic heterocycles. The van der Waals surface area contributed by atoms with Crippen LogP contribution in [0.4, 0.5) is 0 Å². The average molecular weight is 343 g/mol. The molecular formula is C18H15ClN2O3. The predicted molar refractivity (Wildman–Crippen MR) is 92.0 cm³/mol. The van der Waals surface area contributed by atoms with E-state index in [1.165, 1.54) is 0 Å². The Kier molecular flexibility index (Phi) is 6.23. The molecule has 2 amide bonds. The van der Waals surface area contributed by atoms with Crippen molar-refractivity contribution >= 4 is 23.4 Å². The molecule has 0 saturated carbocycles. The maximum absolute atomic E-state index is 11.8. The molecular weight excluding hydrogens is 328 g/mol. The van der Waals surface area contributed by atoms with E-state index >= 15 is 0 Å². The molecule has 24 heavy (non-hydrogen) atoms. The van der Waals surface area contributed by atoms with Gasteiger partial charge in [0.25, 0.3) is 11.8 Å². The zero-order valence-electron chi connectivity index (χ0n) is 12.7. The molecule has 2 rings (SSSR count). The Morgan fingerprint density at radius 1 is 1.08 bits per heavy atom. The molecule has 0 aromatic heterocycles. The molecule has 0 bridgehead atoms. The van der Waals surface area contributed by atoms with Crippen LogP contribution >= 0.6 is 11.6 Å². The van der Waals surface area contributed by atoms with Gasteiger partial charge in [0.2, 0.25) is 0 Å². The van der Waals surface area contributed by atoms with Crippen LogP contribution in [0, 0.1) is 11.8 Å². The first-order chi connectivity index (χ1) is 11.6. The number of halogens is 1. The minimum absolute atomic E-state index is 0.0844. The standard InChI is InChI=1S/C18H15ClN2O3/c19-14-9-7-13(8-10-14)18(23)21-11-3-4-12-24-16-6-2-1-5-15(16)17(20)22/h1-2,5-10H,11-12H2,(H2,20,22)(H,21,23). The van der Waals surface area contributed by atoms with Gasteiger partial charge in [-0.1, -0.05) is 35.6 Å². The third kappa shape index (κ3) is 5.04. The highest BCUT2D eigenvalue weighted by atomic mass is 35.5. The molecule has 0 saturated heterocycles. The van der Waals surface area contributed by atoms with Crippen molar-refractivity contribution < 1.29 is 14.3 Å². The van der Waals surface area contributed by atoms with E-state index in [-0.39, 0.29) is 19.1 Å². The van der Waals surface area contributed by atoms with Crippen LogP contribution < -0.4 is 15.8 Å². The van der Waals surface area contributed by atoms with Crippen molar-refractivity contribution in [2.75, 3.05) is 13.2 Å². The summed E-state index contributed by atoms with van der Waals surface area (Å²) in [6, 6.07) is 13.2. The lowest BCUT2D eigenvalue weighted by Crippen LogP contribution is -2.23. The summed E-state index contributed by atoms with van der Waals surface area (Å²) in [6.45, 7) is 0.267. The molecule has 0 spiro atoms. The Hall–Kier alpha value is -2.97. The summed E-state index contributed by atoms with van der Waals surface area (Å²) in [5.41, 5.74) is 6.06. The highest BCUT2D eigenvalue weighted by molar-refractivity contribution is 6.30. The maximum atomic E-state index is 11.8. The summed E-state index contributed by atoms with van der Waals surface area (Å²) < 4.78 is 5.40. The summed E-state index contributed by atoms with van der Waals surface area (Å²) >= 11 is 5.76.